The number of hydrogen-bond acceptors (Lipinski definition) is 4. The number of benzene rings is 2. The highest BCUT2D eigenvalue weighted by Crippen LogP contribution is 2.17. The second-order valence-electron chi connectivity index (χ2n) is 4.53. The Hall–Kier alpha value is -3.33. The van der Waals surface area contributed by atoms with Gasteiger partial charge in [-0.1, -0.05) is 11.8 Å². The maximum Gasteiger partial charge on any atom is 0.335 e. The lowest BCUT2D eigenvalue weighted by Crippen LogP contribution is -1.96. The van der Waals surface area contributed by atoms with Crippen LogP contribution in [0, 0.1) is 22.0 Å². The summed E-state index contributed by atoms with van der Waals surface area (Å²) in [6.07, 6.45) is 0.484. The highest BCUT2D eigenvalue weighted by atomic mass is 16.6. The van der Waals surface area contributed by atoms with Gasteiger partial charge in [-0.2, -0.15) is 0 Å². The van der Waals surface area contributed by atoms with Crippen molar-refractivity contribution in [2.24, 2.45) is 0 Å². The number of rotatable bonds is 5. The number of hydrogen-bond donors (Lipinski definition) is 1. The zero-order chi connectivity index (χ0) is 16.7. The first kappa shape index (κ1) is 16.0. The smallest absolute Gasteiger partial charge is 0.335 e. The Morgan fingerprint density at radius 2 is 1.78 bits per heavy atom. The van der Waals surface area contributed by atoms with Gasteiger partial charge >= 0.3 is 5.97 Å². The first-order valence-corrected chi connectivity index (χ1v) is 6.76. The Bertz CT molecular complexity index is 754. The van der Waals surface area contributed by atoms with E-state index in [1.165, 1.54) is 36.4 Å². The number of nitrogens with zero attached hydrogens (tertiary/aromatic N) is 1. The van der Waals surface area contributed by atoms with Gasteiger partial charge < -0.3 is 9.84 Å². The third kappa shape index (κ3) is 4.86. The zero-order valence-corrected chi connectivity index (χ0v) is 12.1. The number of nitro groups is 1. The van der Waals surface area contributed by atoms with Crippen LogP contribution in [0.4, 0.5) is 5.69 Å². The van der Waals surface area contributed by atoms with Gasteiger partial charge in [-0.05, 0) is 36.4 Å². The van der Waals surface area contributed by atoms with Gasteiger partial charge in [0.2, 0.25) is 0 Å². The van der Waals surface area contributed by atoms with E-state index in [9.17, 15) is 14.9 Å². The molecule has 2 aromatic carbocycles. The molecule has 0 aliphatic heterocycles. The van der Waals surface area contributed by atoms with Crippen LogP contribution in [0.25, 0.3) is 0 Å². The molecule has 116 valence electrons. The van der Waals surface area contributed by atoms with Crippen LogP contribution in [0.15, 0.2) is 48.5 Å². The average Bonchev–Trinajstić information content (AvgIpc) is 2.55. The summed E-state index contributed by atoms with van der Waals surface area (Å²) in [5.74, 6) is 5.40. The van der Waals surface area contributed by atoms with Crippen LogP contribution in [-0.2, 0) is 0 Å². The van der Waals surface area contributed by atoms with E-state index in [-0.39, 0.29) is 11.3 Å². The predicted octanol–water partition coefficient (Wildman–Crippen LogP) is 3.11. The maximum absolute atomic E-state index is 10.7. The van der Waals surface area contributed by atoms with Crippen LogP contribution in [0.3, 0.4) is 0 Å². The van der Waals surface area contributed by atoms with E-state index in [2.05, 4.69) is 11.8 Å². The third-order valence-corrected chi connectivity index (χ3v) is 2.91. The van der Waals surface area contributed by atoms with E-state index in [0.29, 0.717) is 18.8 Å². The number of carboxylic acids is 1. The number of aromatic carboxylic acids is 1. The summed E-state index contributed by atoms with van der Waals surface area (Å²) in [5.41, 5.74) is 0.962. The largest absolute Gasteiger partial charge is 0.493 e. The van der Waals surface area contributed by atoms with Crippen molar-refractivity contribution in [1.82, 2.24) is 0 Å². The second kappa shape index (κ2) is 7.61. The van der Waals surface area contributed by atoms with Crippen molar-refractivity contribution in [3.05, 3.63) is 69.8 Å². The molecule has 0 fully saturated rings. The summed E-state index contributed by atoms with van der Waals surface area (Å²) in [4.78, 5) is 20.8. The van der Waals surface area contributed by atoms with E-state index in [4.69, 9.17) is 9.84 Å². The van der Waals surface area contributed by atoms with Gasteiger partial charge in [0.1, 0.15) is 5.75 Å². The monoisotopic (exact) mass is 311 g/mol. The molecule has 2 rings (SSSR count). The van der Waals surface area contributed by atoms with E-state index < -0.39 is 10.9 Å². The minimum Gasteiger partial charge on any atom is -0.493 e. The number of nitro benzene ring substituents is 1. The molecule has 0 aliphatic rings. The second-order valence-corrected chi connectivity index (χ2v) is 4.53. The summed E-state index contributed by atoms with van der Waals surface area (Å²) in [6, 6.07) is 12.1. The van der Waals surface area contributed by atoms with Crippen molar-refractivity contribution in [2.75, 3.05) is 6.61 Å². The summed E-state index contributed by atoms with van der Waals surface area (Å²) >= 11 is 0. The van der Waals surface area contributed by atoms with E-state index in [1.54, 1.807) is 12.1 Å². The highest BCUT2D eigenvalue weighted by molar-refractivity contribution is 5.87. The van der Waals surface area contributed by atoms with E-state index in [1.807, 2.05) is 0 Å². The normalized spacial score (nSPS) is 9.57. The molecule has 2 aromatic rings. The first-order chi connectivity index (χ1) is 11.1. The van der Waals surface area contributed by atoms with Crippen molar-refractivity contribution in [3.8, 4) is 17.6 Å². The Morgan fingerprint density at radius 3 is 2.35 bits per heavy atom. The molecule has 0 radical (unpaired) electrons. The fourth-order valence-corrected chi connectivity index (χ4v) is 1.74. The highest BCUT2D eigenvalue weighted by Gasteiger charge is 2.03. The number of carbonyl (C=O) groups is 1. The third-order valence-electron chi connectivity index (χ3n) is 2.91. The molecule has 1 N–H and O–H groups in total. The minimum absolute atomic E-state index is 0.0157. The topological polar surface area (TPSA) is 89.7 Å². The maximum atomic E-state index is 10.7. The van der Waals surface area contributed by atoms with Crippen LogP contribution in [-0.4, -0.2) is 22.6 Å². The first-order valence-electron chi connectivity index (χ1n) is 6.76. The fraction of sp³-hybridized carbons (Fsp3) is 0.118. The lowest BCUT2D eigenvalue weighted by atomic mass is 10.1. The molecule has 0 aliphatic carbocycles. The molecule has 0 saturated heterocycles. The molecule has 23 heavy (non-hydrogen) atoms. The van der Waals surface area contributed by atoms with Crippen molar-refractivity contribution >= 4 is 11.7 Å². The van der Waals surface area contributed by atoms with Gasteiger partial charge in [-0.3, -0.25) is 10.1 Å². The standard InChI is InChI=1S/C17H13NO5/c19-17(20)14-6-4-13(5-7-14)3-1-2-12-23-16-10-8-15(9-11-16)18(21)22/h4-11H,2,12H2,(H,19,20). The van der Waals surface area contributed by atoms with E-state index in [0.717, 1.165) is 5.56 Å². The number of carboxylic acid groups (broad SMARTS) is 1. The Kier molecular flexibility index (Phi) is 5.31. The Morgan fingerprint density at radius 1 is 1.13 bits per heavy atom. The molecule has 0 heterocycles. The zero-order valence-electron chi connectivity index (χ0n) is 12.1. The molecular formula is C17H13NO5. The lowest BCUT2D eigenvalue weighted by Gasteiger charge is -2.02. The van der Waals surface area contributed by atoms with Crippen LogP contribution in [0.2, 0.25) is 0 Å². The van der Waals surface area contributed by atoms with Crippen molar-refractivity contribution < 1.29 is 19.6 Å². The van der Waals surface area contributed by atoms with Gasteiger partial charge in [0.05, 0.1) is 17.1 Å². The quantitative estimate of drug-likeness (QED) is 0.396. The van der Waals surface area contributed by atoms with Crippen molar-refractivity contribution in [1.29, 1.82) is 0 Å². The van der Waals surface area contributed by atoms with Gasteiger partial charge in [0.15, 0.2) is 0 Å². The van der Waals surface area contributed by atoms with Gasteiger partial charge in [0.25, 0.3) is 5.69 Å². The summed E-state index contributed by atoms with van der Waals surface area (Å²) in [6.45, 7) is 0.359. The van der Waals surface area contributed by atoms with Gasteiger partial charge in [0, 0.05) is 24.1 Å². The molecule has 0 amide bonds. The molecule has 0 aromatic heterocycles. The van der Waals surface area contributed by atoms with Gasteiger partial charge in [-0.15, -0.1) is 0 Å². The number of ether oxygens (including phenoxy) is 1. The summed E-state index contributed by atoms with van der Waals surface area (Å²) in [7, 11) is 0. The van der Waals surface area contributed by atoms with Gasteiger partial charge in [-0.25, -0.2) is 4.79 Å². The molecule has 0 bridgehead atoms. The number of non-ortho nitro benzene ring substituents is 1. The molecule has 0 atom stereocenters. The molecule has 6 heteroatoms. The molecule has 0 spiro atoms. The Balaban J connectivity index is 1.81. The fourth-order valence-electron chi connectivity index (χ4n) is 1.74. The lowest BCUT2D eigenvalue weighted by molar-refractivity contribution is -0.384. The predicted molar refractivity (Wildman–Crippen MR) is 83.5 cm³/mol. The van der Waals surface area contributed by atoms with Crippen LogP contribution < -0.4 is 4.74 Å². The SMILES string of the molecule is O=C(O)c1ccc(C#CCCOc2ccc([N+](=O)[O-])cc2)cc1. The minimum atomic E-state index is -0.971. The average molecular weight is 311 g/mol. The molecule has 0 unspecified atom stereocenters. The molecular weight excluding hydrogens is 298 g/mol. The summed E-state index contributed by atoms with van der Waals surface area (Å²) in [5, 5.41) is 19.3. The van der Waals surface area contributed by atoms with E-state index >= 15 is 0 Å². The van der Waals surface area contributed by atoms with Crippen LogP contribution in [0.1, 0.15) is 22.3 Å². The van der Waals surface area contributed by atoms with Crippen LogP contribution >= 0.6 is 0 Å². The van der Waals surface area contributed by atoms with Crippen LogP contribution in [0.5, 0.6) is 5.75 Å². The summed E-state index contributed by atoms with van der Waals surface area (Å²) < 4.78 is 5.43. The Labute approximate surface area is 132 Å². The molecule has 0 saturated carbocycles. The van der Waals surface area contributed by atoms with Crippen molar-refractivity contribution in [2.45, 2.75) is 6.42 Å². The molecule has 6 nitrogen and oxygen atoms in total. The van der Waals surface area contributed by atoms with Crippen molar-refractivity contribution in [3.63, 3.8) is 0 Å².